The molecule has 4 nitrogen and oxygen atoms in total. The fourth-order valence-electron chi connectivity index (χ4n) is 8.23. The van der Waals surface area contributed by atoms with Gasteiger partial charge in [0.1, 0.15) is 0 Å². The lowest BCUT2D eigenvalue weighted by atomic mass is 10.1. The topological polar surface area (TPSA) is 27.7 Å². The molecular weight excluding hydrogens is 645 g/mol. The van der Waals surface area contributed by atoms with Crippen molar-refractivity contribution in [3.63, 3.8) is 0 Å². The van der Waals surface area contributed by atoms with Crippen molar-refractivity contribution < 1.29 is 0 Å². The maximum Gasteiger partial charge on any atom is 0.0971 e. The smallest absolute Gasteiger partial charge is 0.0971 e. The number of hydrogen-bond acceptors (Lipinski definition) is 1. The highest BCUT2D eigenvalue weighted by Gasteiger charge is 2.19. The third-order valence-electron chi connectivity index (χ3n) is 10.4. The second-order valence-electron chi connectivity index (χ2n) is 13.2. The van der Waals surface area contributed by atoms with Crippen molar-refractivity contribution in [3.05, 3.63) is 182 Å². The number of hydrogen-bond donors (Lipinski definition) is 0. The Labute approximate surface area is 307 Å². The molecule has 0 radical (unpaired) electrons. The average molecular weight is 681 g/mol. The molecule has 252 valence electrons. The van der Waals surface area contributed by atoms with E-state index >= 15 is 0 Å². The molecule has 0 aliphatic heterocycles. The summed E-state index contributed by atoms with van der Waals surface area (Å²) < 4.78 is 7.14. The number of fused-ring (bicyclic) bond motifs is 9. The zero-order valence-electron chi connectivity index (χ0n) is 29.6. The van der Waals surface area contributed by atoms with E-state index < -0.39 is 0 Å². The molecule has 0 amide bonds. The van der Waals surface area contributed by atoms with Crippen LogP contribution in [0.3, 0.4) is 0 Å². The molecule has 0 spiro atoms. The first-order chi connectivity index (χ1) is 26.3. The number of benzene rings is 7. The van der Waals surface area contributed by atoms with Crippen molar-refractivity contribution >= 4 is 65.5 Å². The van der Waals surface area contributed by atoms with E-state index in [9.17, 15) is 0 Å². The maximum absolute atomic E-state index is 5.39. The molecule has 4 aromatic heterocycles. The van der Waals surface area contributed by atoms with Crippen LogP contribution in [0.15, 0.2) is 182 Å². The summed E-state index contributed by atoms with van der Waals surface area (Å²) in [5.74, 6) is 0. The summed E-state index contributed by atoms with van der Waals surface area (Å²) in [6, 6.07) is 65.3. The SMILES string of the molecule is CC.c1ccc(-c2ccc3c(n2)c2cc(-n4c5ccccc5c5ccccc54)ccc2n3-c2cccc(-n3c4ccccc4c4ccccc43)c2)cc1. The van der Waals surface area contributed by atoms with Crippen molar-refractivity contribution in [2.45, 2.75) is 13.8 Å². The first kappa shape index (κ1) is 30.9. The number of rotatable bonds is 4. The Morgan fingerprint density at radius 2 is 0.736 bits per heavy atom. The Bertz CT molecular complexity index is 3030. The van der Waals surface area contributed by atoms with Gasteiger partial charge in [-0.15, -0.1) is 0 Å². The lowest BCUT2D eigenvalue weighted by Crippen LogP contribution is -1.99. The van der Waals surface area contributed by atoms with Crippen LogP contribution in [0.5, 0.6) is 0 Å². The van der Waals surface area contributed by atoms with Gasteiger partial charge in [-0.2, -0.15) is 0 Å². The fraction of sp³-hybridized carbons (Fsp3) is 0.0408. The number of nitrogens with zero attached hydrogens (tertiary/aromatic N) is 4. The van der Waals surface area contributed by atoms with Gasteiger partial charge >= 0.3 is 0 Å². The van der Waals surface area contributed by atoms with Crippen molar-refractivity contribution in [1.29, 1.82) is 0 Å². The largest absolute Gasteiger partial charge is 0.309 e. The normalized spacial score (nSPS) is 11.6. The van der Waals surface area contributed by atoms with Crippen LogP contribution in [-0.2, 0) is 0 Å². The second kappa shape index (κ2) is 12.4. The van der Waals surface area contributed by atoms with Crippen molar-refractivity contribution in [2.75, 3.05) is 0 Å². The molecule has 0 bridgehead atoms. The van der Waals surface area contributed by atoms with E-state index in [0.717, 1.165) is 50.3 Å². The highest BCUT2D eigenvalue weighted by Crippen LogP contribution is 2.38. The van der Waals surface area contributed by atoms with Gasteiger partial charge < -0.3 is 13.7 Å². The van der Waals surface area contributed by atoms with Crippen LogP contribution in [0.1, 0.15) is 13.8 Å². The van der Waals surface area contributed by atoms with E-state index in [2.05, 4.69) is 196 Å². The van der Waals surface area contributed by atoms with Crippen molar-refractivity contribution in [3.8, 4) is 28.3 Å². The van der Waals surface area contributed by atoms with Gasteiger partial charge in [-0.1, -0.05) is 123 Å². The highest BCUT2D eigenvalue weighted by molar-refractivity contribution is 6.12. The quantitative estimate of drug-likeness (QED) is 0.182. The Morgan fingerprint density at radius 3 is 1.26 bits per heavy atom. The molecule has 11 rings (SSSR count). The van der Waals surface area contributed by atoms with E-state index in [1.807, 2.05) is 13.8 Å². The fourth-order valence-corrected chi connectivity index (χ4v) is 8.23. The molecule has 4 heterocycles. The van der Waals surface area contributed by atoms with E-state index in [1.54, 1.807) is 0 Å². The Hall–Kier alpha value is -6.91. The predicted molar refractivity (Wildman–Crippen MR) is 224 cm³/mol. The van der Waals surface area contributed by atoms with Gasteiger partial charge in [0.25, 0.3) is 0 Å². The summed E-state index contributed by atoms with van der Waals surface area (Å²) in [6.45, 7) is 4.00. The van der Waals surface area contributed by atoms with Crippen LogP contribution in [0.2, 0.25) is 0 Å². The highest BCUT2D eigenvalue weighted by atomic mass is 15.0. The van der Waals surface area contributed by atoms with Crippen LogP contribution in [-0.4, -0.2) is 18.7 Å². The lowest BCUT2D eigenvalue weighted by molar-refractivity contribution is 1.13. The molecule has 0 N–H and O–H groups in total. The maximum atomic E-state index is 5.39. The Kier molecular flexibility index (Phi) is 7.22. The monoisotopic (exact) mass is 680 g/mol. The van der Waals surface area contributed by atoms with Crippen LogP contribution >= 0.6 is 0 Å². The zero-order chi connectivity index (χ0) is 35.5. The van der Waals surface area contributed by atoms with Gasteiger partial charge in [0.05, 0.1) is 44.3 Å². The number of para-hydroxylation sites is 4. The van der Waals surface area contributed by atoms with Crippen molar-refractivity contribution in [2.24, 2.45) is 0 Å². The molecule has 0 saturated heterocycles. The first-order valence-corrected chi connectivity index (χ1v) is 18.4. The van der Waals surface area contributed by atoms with E-state index in [0.29, 0.717) is 0 Å². The summed E-state index contributed by atoms with van der Waals surface area (Å²) in [4.78, 5) is 5.39. The van der Waals surface area contributed by atoms with Crippen LogP contribution in [0.4, 0.5) is 0 Å². The average Bonchev–Trinajstić information content (AvgIpc) is 3.87. The van der Waals surface area contributed by atoms with Gasteiger partial charge in [-0.25, -0.2) is 4.98 Å². The molecule has 0 aliphatic rings. The predicted octanol–water partition coefficient (Wildman–Crippen LogP) is 13.1. The standard InChI is InChI=1S/C47H30N4.C2H6/c1-2-13-31(14-3-1)40-26-28-46-47(48-40)39-30-34(50-43-23-10-6-19-37(43)38-20-7-11-24-44(38)50)25-27-45(39)51(46)33-16-12-15-32(29-33)49-41-21-8-4-17-35(41)36-18-5-9-22-42(36)49;1-2/h1-30H;1-2H3. The molecule has 0 aliphatic carbocycles. The number of aromatic nitrogens is 4. The molecule has 0 unspecified atom stereocenters. The molecule has 0 saturated carbocycles. The van der Waals surface area contributed by atoms with E-state index in [-0.39, 0.29) is 0 Å². The molecule has 11 aromatic rings. The minimum absolute atomic E-state index is 0.962. The van der Waals surface area contributed by atoms with Gasteiger partial charge in [0.2, 0.25) is 0 Å². The molecule has 7 aromatic carbocycles. The van der Waals surface area contributed by atoms with Gasteiger partial charge in [0, 0.05) is 49.6 Å². The summed E-state index contributed by atoms with van der Waals surface area (Å²) in [5, 5.41) is 6.13. The van der Waals surface area contributed by atoms with E-state index in [4.69, 9.17) is 4.98 Å². The second-order valence-corrected chi connectivity index (χ2v) is 13.2. The molecule has 53 heavy (non-hydrogen) atoms. The molecule has 0 fully saturated rings. The molecule has 0 atom stereocenters. The third kappa shape index (κ3) is 4.73. The minimum atomic E-state index is 0.962. The van der Waals surface area contributed by atoms with Crippen LogP contribution in [0.25, 0.3) is 93.9 Å². The van der Waals surface area contributed by atoms with Crippen LogP contribution < -0.4 is 0 Å². The number of pyridine rings is 1. The van der Waals surface area contributed by atoms with Crippen molar-refractivity contribution in [1.82, 2.24) is 18.7 Å². The van der Waals surface area contributed by atoms with Crippen LogP contribution in [0, 0.1) is 0 Å². The first-order valence-electron chi connectivity index (χ1n) is 18.4. The summed E-state index contributed by atoms with van der Waals surface area (Å²) in [5.41, 5.74) is 13.3. The van der Waals surface area contributed by atoms with Gasteiger partial charge in [-0.3, -0.25) is 0 Å². The van der Waals surface area contributed by atoms with E-state index in [1.165, 1.54) is 43.6 Å². The minimum Gasteiger partial charge on any atom is -0.309 e. The van der Waals surface area contributed by atoms with Gasteiger partial charge in [0.15, 0.2) is 0 Å². The third-order valence-corrected chi connectivity index (χ3v) is 10.4. The summed E-state index contributed by atoms with van der Waals surface area (Å²) in [7, 11) is 0. The molecule has 4 heteroatoms. The lowest BCUT2D eigenvalue weighted by Gasteiger charge is -2.13. The van der Waals surface area contributed by atoms with Gasteiger partial charge in [-0.05, 0) is 72.8 Å². The Balaban J connectivity index is 0.00000172. The zero-order valence-corrected chi connectivity index (χ0v) is 29.6. The molecular formula is C49H36N4. The summed E-state index contributed by atoms with van der Waals surface area (Å²) >= 11 is 0. The Morgan fingerprint density at radius 1 is 0.321 bits per heavy atom. The summed E-state index contributed by atoms with van der Waals surface area (Å²) in [6.07, 6.45) is 0.